The number of aryl methyl sites for hydroxylation is 1. The van der Waals surface area contributed by atoms with Crippen LogP contribution in [0.15, 0.2) is 48.5 Å². The first-order valence-electron chi connectivity index (χ1n) is 9.58. The van der Waals surface area contributed by atoms with Crippen molar-refractivity contribution >= 4 is 17.5 Å². The fourth-order valence-electron chi connectivity index (χ4n) is 3.26. The molecule has 148 valence electrons. The van der Waals surface area contributed by atoms with E-state index in [0.717, 1.165) is 30.1 Å². The van der Waals surface area contributed by atoms with Crippen molar-refractivity contribution in [1.82, 2.24) is 10.2 Å². The summed E-state index contributed by atoms with van der Waals surface area (Å²) in [4.78, 5) is 28.7. The molecule has 1 aliphatic heterocycles. The third-order valence-electron chi connectivity index (χ3n) is 5.01. The summed E-state index contributed by atoms with van der Waals surface area (Å²) in [6, 6.07) is 15.4. The van der Waals surface area contributed by atoms with Crippen molar-refractivity contribution in [2.75, 3.05) is 44.7 Å². The number of piperazine rings is 1. The molecule has 1 fully saturated rings. The van der Waals surface area contributed by atoms with Gasteiger partial charge in [0, 0.05) is 50.4 Å². The van der Waals surface area contributed by atoms with Crippen LogP contribution in [0.2, 0.25) is 0 Å². The number of benzene rings is 2. The first kappa shape index (κ1) is 19.7. The van der Waals surface area contributed by atoms with Gasteiger partial charge in [-0.2, -0.15) is 0 Å². The fraction of sp³-hybridized carbons (Fsp3) is 0.364. The predicted octanol–water partition coefficient (Wildman–Crippen LogP) is 2.47. The van der Waals surface area contributed by atoms with Crippen molar-refractivity contribution in [1.29, 1.82) is 0 Å². The van der Waals surface area contributed by atoms with Gasteiger partial charge in [0.2, 0.25) is 5.91 Å². The van der Waals surface area contributed by atoms with E-state index in [9.17, 15) is 9.59 Å². The zero-order chi connectivity index (χ0) is 19.9. The zero-order valence-corrected chi connectivity index (χ0v) is 16.5. The number of amides is 2. The Morgan fingerprint density at radius 1 is 0.964 bits per heavy atom. The van der Waals surface area contributed by atoms with Crippen LogP contribution in [0.3, 0.4) is 0 Å². The largest absolute Gasteiger partial charge is 0.497 e. The molecular formula is C22H27N3O3. The molecule has 0 radical (unpaired) electrons. The van der Waals surface area contributed by atoms with E-state index < -0.39 is 0 Å². The molecule has 0 atom stereocenters. The summed E-state index contributed by atoms with van der Waals surface area (Å²) < 4.78 is 5.19. The van der Waals surface area contributed by atoms with E-state index in [0.29, 0.717) is 31.6 Å². The lowest BCUT2D eigenvalue weighted by atomic mass is 10.1. The molecule has 2 amide bonds. The van der Waals surface area contributed by atoms with Gasteiger partial charge in [-0.15, -0.1) is 0 Å². The molecule has 2 aromatic rings. The summed E-state index contributed by atoms with van der Waals surface area (Å²) in [6.45, 7) is 5.31. The van der Waals surface area contributed by atoms with E-state index in [-0.39, 0.29) is 11.8 Å². The molecule has 1 N–H and O–H groups in total. The van der Waals surface area contributed by atoms with E-state index in [4.69, 9.17) is 4.74 Å². The highest BCUT2D eigenvalue weighted by Crippen LogP contribution is 2.20. The molecule has 0 aliphatic carbocycles. The predicted molar refractivity (Wildman–Crippen MR) is 110 cm³/mol. The smallest absolute Gasteiger partial charge is 0.251 e. The van der Waals surface area contributed by atoms with Gasteiger partial charge in [-0.1, -0.05) is 17.7 Å². The minimum absolute atomic E-state index is 0.0820. The molecule has 0 spiro atoms. The van der Waals surface area contributed by atoms with E-state index in [1.165, 1.54) is 0 Å². The summed E-state index contributed by atoms with van der Waals surface area (Å²) in [5.41, 5.74) is 2.87. The highest BCUT2D eigenvalue weighted by atomic mass is 16.5. The molecule has 0 bridgehead atoms. The Morgan fingerprint density at radius 2 is 1.61 bits per heavy atom. The van der Waals surface area contributed by atoms with Crippen LogP contribution < -0.4 is 15.0 Å². The molecule has 2 aromatic carbocycles. The second-order valence-electron chi connectivity index (χ2n) is 6.94. The van der Waals surface area contributed by atoms with Crippen LogP contribution in [0.5, 0.6) is 5.75 Å². The maximum atomic E-state index is 12.4. The number of nitrogens with zero attached hydrogens (tertiary/aromatic N) is 2. The van der Waals surface area contributed by atoms with Gasteiger partial charge in [0.1, 0.15) is 5.75 Å². The van der Waals surface area contributed by atoms with Gasteiger partial charge in [0.25, 0.3) is 5.91 Å². The molecule has 1 heterocycles. The Labute approximate surface area is 166 Å². The van der Waals surface area contributed by atoms with Crippen molar-refractivity contribution in [3.05, 3.63) is 59.7 Å². The lowest BCUT2D eigenvalue weighted by Crippen LogP contribution is -2.49. The van der Waals surface area contributed by atoms with Crippen molar-refractivity contribution in [3.8, 4) is 5.75 Å². The van der Waals surface area contributed by atoms with Crippen molar-refractivity contribution in [2.24, 2.45) is 0 Å². The number of carbonyl (C=O) groups is 2. The molecule has 3 rings (SSSR count). The van der Waals surface area contributed by atoms with Gasteiger partial charge in [-0.3, -0.25) is 9.59 Å². The number of carbonyl (C=O) groups excluding carboxylic acids is 2. The van der Waals surface area contributed by atoms with Gasteiger partial charge in [-0.05, 0) is 43.3 Å². The normalized spacial score (nSPS) is 13.9. The summed E-state index contributed by atoms with van der Waals surface area (Å²) in [6.07, 6.45) is 0.320. The number of nitrogens with one attached hydrogen (secondary N) is 1. The van der Waals surface area contributed by atoms with Crippen LogP contribution in [0.4, 0.5) is 5.69 Å². The molecule has 1 saturated heterocycles. The molecule has 6 nitrogen and oxygen atoms in total. The monoisotopic (exact) mass is 381 g/mol. The van der Waals surface area contributed by atoms with Crippen LogP contribution in [0, 0.1) is 6.92 Å². The first-order valence-corrected chi connectivity index (χ1v) is 9.58. The average molecular weight is 381 g/mol. The number of anilines is 1. The maximum absolute atomic E-state index is 12.4. The van der Waals surface area contributed by atoms with Gasteiger partial charge in [-0.25, -0.2) is 0 Å². The minimum Gasteiger partial charge on any atom is -0.497 e. The Morgan fingerprint density at radius 3 is 2.21 bits per heavy atom. The first-order chi connectivity index (χ1) is 13.6. The SMILES string of the molecule is COc1ccc(N2CCN(C(=O)CCNC(=O)c3ccc(C)cc3)CC2)cc1. The second kappa shape index (κ2) is 9.26. The van der Waals surface area contributed by atoms with Crippen molar-refractivity contribution in [2.45, 2.75) is 13.3 Å². The van der Waals surface area contributed by atoms with Crippen LogP contribution in [0.25, 0.3) is 0 Å². The van der Waals surface area contributed by atoms with Gasteiger partial charge in [0.15, 0.2) is 0 Å². The van der Waals surface area contributed by atoms with Gasteiger partial charge >= 0.3 is 0 Å². The molecule has 6 heteroatoms. The molecule has 28 heavy (non-hydrogen) atoms. The van der Waals surface area contributed by atoms with Gasteiger partial charge < -0.3 is 19.9 Å². The topological polar surface area (TPSA) is 61.9 Å². The van der Waals surface area contributed by atoms with E-state index in [1.54, 1.807) is 19.2 Å². The number of hydrogen-bond acceptors (Lipinski definition) is 4. The number of hydrogen-bond donors (Lipinski definition) is 1. The van der Waals surface area contributed by atoms with E-state index in [2.05, 4.69) is 10.2 Å². The van der Waals surface area contributed by atoms with E-state index >= 15 is 0 Å². The number of rotatable bonds is 6. The van der Waals surface area contributed by atoms with Crippen LogP contribution in [-0.2, 0) is 4.79 Å². The standard InChI is InChI=1S/C22H27N3O3/c1-17-3-5-18(6-4-17)22(27)23-12-11-21(26)25-15-13-24(14-16-25)19-7-9-20(28-2)10-8-19/h3-10H,11-16H2,1-2H3,(H,23,27). The Kier molecular flexibility index (Phi) is 6.53. The quantitative estimate of drug-likeness (QED) is 0.835. The third kappa shape index (κ3) is 5.03. The summed E-state index contributed by atoms with van der Waals surface area (Å²) >= 11 is 0. The Bertz CT molecular complexity index is 795. The lowest BCUT2D eigenvalue weighted by Gasteiger charge is -2.36. The summed E-state index contributed by atoms with van der Waals surface area (Å²) in [5.74, 6) is 0.779. The molecule has 0 aromatic heterocycles. The van der Waals surface area contributed by atoms with Crippen molar-refractivity contribution < 1.29 is 14.3 Å². The number of methoxy groups -OCH3 is 1. The molecule has 0 unspecified atom stereocenters. The van der Waals surface area contributed by atoms with Crippen molar-refractivity contribution in [3.63, 3.8) is 0 Å². The highest BCUT2D eigenvalue weighted by molar-refractivity contribution is 5.94. The van der Waals surface area contributed by atoms with Crippen LogP contribution in [-0.4, -0.2) is 56.5 Å². The zero-order valence-electron chi connectivity index (χ0n) is 16.5. The molecule has 0 saturated carbocycles. The summed E-state index contributed by atoms with van der Waals surface area (Å²) in [7, 11) is 1.66. The Hall–Kier alpha value is -3.02. The van der Waals surface area contributed by atoms with Gasteiger partial charge in [0.05, 0.1) is 7.11 Å². The maximum Gasteiger partial charge on any atom is 0.251 e. The lowest BCUT2D eigenvalue weighted by molar-refractivity contribution is -0.131. The average Bonchev–Trinajstić information content (AvgIpc) is 2.74. The second-order valence-corrected chi connectivity index (χ2v) is 6.94. The minimum atomic E-state index is -0.142. The highest BCUT2D eigenvalue weighted by Gasteiger charge is 2.21. The Balaban J connectivity index is 1.41. The van der Waals surface area contributed by atoms with Crippen LogP contribution in [0.1, 0.15) is 22.3 Å². The summed E-state index contributed by atoms with van der Waals surface area (Å²) in [5, 5.41) is 2.83. The molecule has 1 aliphatic rings. The third-order valence-corrected chi connectivity index (χ3v) is 5.01. The number of ether oxygens (including phenoxy) is 1. The fourth-order valence-corrected chi connectivity index (χ4v) is 3.26. The molecular weight excluding hydrogens is 354 g/mol. The van der Waals surface area contributed by atoms with E-state index in [1.807, 2.05) is 48.2 Å². The van der Waals surface area contributed by atoms with Crippen LogP contribution >= 0.6 is 0 Å².